The van der Waals surface area contributed by atoms with Crippen molar-refractivity contribution in [2.24, 2.45) is 0 Å². The van der Waals surface area contributed by atoms with E-state index in [0.29, 0.717) is 16.5 Å². The molecule has 8 heteroatoms. The van der Waals surface area contributed by atoms with Crippen molar-refractivity contribution in [2.45, 2.75) is 31.1 Å². The van der Waals surface area contributed by atoms with Crippen LogP contribution in [0.2, 0.25) is 0 Å². The first-order valence-electron chi connectivity index (χ1n) is 6.22. The van der Waals surface area contributed by atoms with Crippen molar-refractivity contribution in [1.29, 1.82) is 0 Å². The van der Waals surface area contributed by atoms with Gasteiger partial charge in [0.15, 0.2) is 5.76 Å². The first kappa shape index (κ1) is 15.2. The molecular formula is C12H17N3O3S2. The van der Waals surface area contributed by atoms with Crippen LogP contribution in [0.4, 0.5) is 0 Å². The van der Waals surface area contributed by atoms with Gasteiger partial charge in [0.25, 0.3) is 0 Å². The Kier molecular flexibility index (Phi) is 4.92. The molecule has 0 unspecified atom stereocenters. The highest BCUT2D eigenvalue weighted by molar-refractivity contribution is 7.91. The molecule has 0 saturated heterocycles. The summed E-state index contributed by atoms with van der Waals surface area (Å²) in [6.45, 7) is 5.42. The molecule has 0 aliphatic rings. The van der Waals surface area contributed by atoms with Crippen molar-refractivity contribution < 1.29 is 12.9 Å². The Hall–Kier alpha value is -1.22. The lowest BCUT2D eigenvalue weighted by Gasteiger charge is -2.02. The van der Waals surface area contributed by atoms with Crippen LogP contribution < -0.4 is 10.0 Å². The molecule has 0 aliphatic heterocycles. The van der Waals surface area contributed by atoms with Crippen molar-refractivity contribution in [3.05, 3.63) is 34.5 Å². The monoisotopic (exact) mass is 315 g/mol. The van der Waals surface area contributed by atoms with Crippen LogP contribution in [0.3, 0.4) is 0 Å². The lowest BCUT2D eigenvalue weighted by molar-refractivity contribution is 0.377. The van der Waals surface area contributed by atoms with Crippen molar-refractivity contribution in [2.75, 3.05) is 6.54 Å². The van der Waals surface area contributed by atoms with Gasteiger partial charge in [-0.2, -0.15) is 0 Å². The summed E-state index contributed by atoms with van der Waals surface area (Å²) in [6, 6.07) is 5.14. The number of aromatic nitrogens is 1. The molecule has 0 bridgehead atoms. The standard InChI is InChI=1S/C12H17N3O3S2/c1-3-13-8-11-4-5-12(19-11)20(16,17)14-7-10-6-9(2)15-18-10/h4-6,13-14H,3,7-8H2,1-2H3. The Labute approximate surface area is 122 Å². The maximum atomic E-state index is 12.1. The van der Waals surface area contributed by atoms with Crippen molar-refractivity contribution in [3.63, 3.8) is 0 Å². The van der Waals surface area contributed by atoms with Crippen LogP contribution in [0.1, 0.15) is 23.3 Å². The zero-order valence-electron chi connectivity index (χ0n) is 11.3. The van der Waals surface area contributed by atoms with Gasteiger partial charge in [0.2, 0.25) is 10.0 Å². The molecule has 2 aromatic heterocycles. The summed E-state index contributed by atoms with van der Waals surface area (Å²) in [5, 5.41) is 6.87. The molecule has 0 amide bonds. The highest BCUT2D eigenvalue weighted by Crippen LogP contribution is 2.21. The van der Waals surface area contributed by atoms with Gasteiger partial charge in [0.1, 0.15) is 4.21 Å². The van der Waals surface area contributed by atoms with E-state index in [1.807, 2.05) is 13.0 Å². The molecule has 2 aromatic rings. The lowest BCUT2D eigenvalue weighted by Crippen LogP contribution is -2.22. The molecule has 2 heterocycles. The van der Waals surface area contributed by atoms with Crippen LogP contribution in [0.15, 0.2) is 26.9 Å². The van der Waals surface area contributed by atoms with Crippen molar-refractivity contribution in [1.82, 2.24) is 15.2 Å². The molecule has 0 aliphatic carbocycles. The Bertz CT molecular complexity index is 661. The van der Waals surface area contributed by atoms with Crippen molar-refractivity contribution >= 4 is 21.4 Å². The minimum Gasteiger partial charge on any atom is -0.360 e. The molecule has 2 rings (SSSR count). The van der Waals surface area contributed by atoms with E-state index in [2.05, 4.69) is 15.2 Å². The molecule has 110 valence electrons. The summed E-state index contributed by atoms with van der Waals surface area (Å²) in [6.07, 6.45) is 0. The molecule has 6 nitrogen and oxygen atoms in total. The van der Waals surface area contributed by atoms with E-state index in [-0.39, 0.29) is 6.54 Å². The van der Waals surface area contributed by atoms with Crippen LogP contribution in [0.5, 0.6) is 0 Å². The molecular weight excluding hydrogens is 298 g/mol. The predicted molar refractivity (Wildman–Crippen MR) is 77.0 cm³/mol. The van der Waals surface area contributed by atoms with Crippen LogP contribution in [0, 0.1) is 6.92 Å². The summed E-state index contributed by atoms with van der Waals surface area (Å²) >= 11 is 1.26. The van der Waals surface area contributed by atoms with Gasteiger partial charge < -0.3 is 9.84 Å². The topological polar surface area (TPSA) is 84.2 Å². The quantitative estimate of drug-likeness (QED) is 0.811. The van der Waals surface area contributed by atoms with Crippen LogP contribution >= 0.6 is 11.3 Å². The molecule has 0 aromatic carbocycles. The number of hydrogen-bond acceptors (Lipinski definition) is 6. The van der Waals surface area contributed by atoms with Crippen LogP contribution in [-0.2, 0) is 23.1 Å². The Morgan fingerprint density at radius 3 is 2.80 bits per heavy atom. The summed E-state index contributed by atoms with van der Waals surface area (Å²) < 4.78 is 32.0. The number of sulfonamides is 1. The van der Waals surface area contributed by atoms with E-state index >= 15 is 0 Å². The zero-order chi connectivity index (χ0) is 14.6. The fourth-order valence-electron chi connectivity index (χ4n) is 1.58. The van der Waals surface area contributed by atoms with Gasteiger partial charge in [0.05, 0.1) is 12.2 Å². The number of nitrogens with one attached hydrogen (secondary N) is 2. The largest absolute Gasteiger partial charge is 0.360 e. The van der Waals surface area contributed by atoms with Gasteiger partial charge in [-0.1, -0.05) is 12.1 Å². The highest BCUT2D eigenvalue weighted by Gasteiger charge is 2.17. The van der Waals surface area contributed by atoms with Gasteiger partial charge in [-0.3, -0.25) is 0 Å². The van der Waals surface area contributed by atoms with E-state index in [9.17, 15) is 8.42 Å². The summed E-state index contributed by atoms with van der Waals surface area (Å²) in [5.74, 6) is 0.496. The molecule has 2 N–H and O–H groups in total. The maximum absolute atomic E-state index is 12.1. The van der Waals surface area contributed by atoms with Gasteiger partial charge in [-0.05, 0) is 25.6 Å². The molecule has 0 saturated carbocycles. The van der Waals surface area contributed by atoms with Gasteiger partial charge in [-0.25, -0.2) is 13.1 Å². The number of nitrogens with zero attached hydrogens (tertiary/aromatic N) is 1. The Balaban J connectivity index is 2.00. The number of rotatable bonds is 7. The second kappa shape index (κ2) is 6.49. The van der Waals surface area contributed by atoms with E-state index in [1.165, 1.54) is 11.3 Å². The van der Waals surface area contributed by atoms with E-state index in [1.54, 1.807) is 19.1 Å². The third-order valence-electron chi connectivity index (χ3n) is 2.56. The minimum absolute atomic E-state index is 0.101. The average molecular weight is 315 g/mol. The molecule has 0 atom stereocenters. The SMILES string of the molecule is CCNCc1ccc(S(=O)(=O)NCc2cc(C)no2)s1. The Morgan fingerprint density at radius 2 is 2.15 bits per heavy atom. The summed E-state index contributed by atoms with van der Waals surface area (Å²) in [7, 11) is -3.50. The molecule has 0 spiro atoms. The van der Waals surface area contributed by atoms with Crippen LogP contribution in [0.25, 0.3) is 0 Å². The van der Waals surface area contributed by atoms with E-state index in [4.69, 9.17) is 4.52 Å². The summed E-state index contributed by atoms with van der Waals surface area (Å²) in [4.78, 5) is 0.989. The minimum atomic E-state index is -3.50. The third-order valence-corrected chi connectivity index (χ3v) is 5.54. The number of thiophene rings is 1. The molecule has 20 heavy (non-hydrogen) atoms. The first-order chi connectivity index (χ1) is 9.51. The Morgan fingerprint density at radius 1 is 1.35 bits per heavy atom. The van der Waals surface area contributed by atoms with Gasteiger partial charge >= 0.3 is 0 Å². The van der Waals surface area contributed by atoms with E-state index < -0.39 is 10.0 Å². The third kappa shape index (κ3) is 3.89. The zero-order valence-corrected chi connectivity index (χ0v) is 13.0. The normalized spacial score (nSPS) is 11.9. The smallest absolute Gasteiger partial charge is 0.250 e. The predicted octanol–water partition coefficient (Wildman–Crippen LogP) is 1.63. The second-order valence-corrected chi connectivity index (χ2v) is 7.42. The second-order valence-electron chi connectivity index (χ2n) is 4.26. The fourth-order valence-corrected chi connectivity index (χ4v) is 3.95. The van der Waals surface area contributed by atoms with Gasteiger partial charge in [-0.15, -0.1) is 11.3 Å². The van der Waals surface area contributed by atoms with Gasteiger partial charge in [0, 0.05) is 17.5 Å². The average Bonchev–Trinajstić information content (AvgIpc) is 3.03. The molecule has 0 fully saturated rings. The van der Waals surface area contributed by atoms with E-state index in [0.717, 1.165) is 17.1 Å². The fraction of sp³-hybridized carbons (Fsp3) is 0.417. The lowest BCUT2D eigenvalue weighted by atomic mass is 10.4. The molecule has 0 radical (unpaired) electrons. The summed E-state index contributed by atoms with van der Waals surface area (Å²) in [5.41, 5.74) is 0.725. The van der Waals surface area contributed by atoms with Crippen LogP contribution in [-0.4, -0.2) is 20.1 Å². The first-order valence-corrected chi connectivity index (χ1v) is 8.52. The highest BCUT2D eigenvalue weighted by atomic mass is 32.2. The van der Waals surface area contributed by atoms with Crippen molar-refractivity contribution in [3.8, 4) is 0 Å². The number of hydrogen-bond donors (Lipinski definition) is 2. The maximum Gasteiger partial charge on any atom is 0.250 e. The number of aryl methyl sites for hydroxylation is 1.